The number of hydrogen-bond acceptors (Lipinski definition) is 2. The first kappa shape index (κ1) is 16.4. The smallest absolute Gasteiger partial charge is 0.253 e. The summed E-state index contributed by atoms with van der Waals surface area (Å²) in [5.41, 5.74) is 1.34. The Hall–Kier alpha value is -2.95. The molecule has 5 heteroatoms. The van der Waals surface area contributed by atoms with Gasteiger partial charge in [0.1, 0.15) is 5.82 Å². The number of anilines is 1. The second kappa shape index (κ2) is 7.89. The van der Waals surface area contributed by atoms with Crippen molar-refractivity contribution in [3.63, 3.8) is 0 Å². The van der Waals surface area contributed by atoms with Gasteiger partial charge in [-0.3, -0.25) is 9.59 Å². The highest BCUT2D eigenvalue weighted by Crippen LogP contribution is 2.15. The van der Waals surface area contributed by atoms with Crippen LogP contribution in [0.1, 0.15) is 15.9 Å². The molecule has 23 heavy (non-hydrogen) atoms. The quantitative estimate of drug-likeness (QED) is 0.806. The molecule has 0 saturated carbocycles. The maximum Gasteiger partial charge on any atom is 0.253 e. The van der Waals surface area contributed by atoms with Crippen LogP contribution in [-0.2, 0) is 11.2 Å². The Kier molecular flexibility index (Phi) is 5.63. The zero-order chi connectivity index (χ0) is 16.7. The van der Waals surface area contributed by atoms with Crippen molar-refractivity contribution in [2.75, 3.05) is 11.9 Å². The zero-order valence-corrected chi connectivity index (χ0v) is 12.5. The predicted molar refractivity (Wildman–Crippen MR) is 87.7 cm³/mol. The van der Waals surface area contributed by atoms with Gasteiger partial charge in [0.05, 0.1) is 17.7 Å². The van der Waals surface area contributed by atoms with Crippen LogP contribution >= 0.6 is 0 Å². The van der Waals surface area contributed by atoms with E-state index in [1.54, 1.807) is 42.5 Å². The molecule has 0 aliphatic heterocycles. The van der Waals surface area contributed by atoms with Gasteiger partial charge in [0.2, 0.25) is 5.91 Å². The topological polar surface area (TPSA) is 58.2 Å². The van der Waals surface area contributed by atoms with Crippen LogP contribution in [0.5, 0.6) is 0 Å². The fourth-order valence-electron chi connectivity index (χ4n) is 2.08. The van der Waals surface area contributed by atoms with Crippen molar-refractivity contribution < 1.29 is 14.0 Å². The molecule has 0 spiro atoms. The highest BCUT2D eigenvalue weighted by molar-refractivity contribution is 6.04. The summed E-state index contributed by atoms with van der Waals surface area (Å²) in [6.07, 6.45) is 1.60. The van der Waals surface area contributed by atoms with E-state index in [1.165, 1.54) is 12.1 Å². The van der Waals surface area contributed by atoms with E-state index >= 15 is 0 Å². The fourth-order valence-corrected chi connectivity index (χ4v) is 2.08. The molecule has 0 heterocycles. The molecule has 0 radical (unpaired) electrons. The molecule has 2 aromatic carbocycles. The van der Waals surface area contributed by atoms with Crippen molar-refractivity contribution >= 4 is 17.5 Å². The van der Waals surface area contributed by atoms with Crippen LogP contribution in [0.15, 0.2) is 61.2 Å². The van der Waals surface area contributed by atoms with E-state index in [1.807, 2.05) is 0 Å². The van der Waals surface area contributed by atoms with Crippen molar-refractivity contribution in [2.24, 2.45) is 0 Å². The lowest BCUT2D eigenvalue weighted by atomic mass is 10.1. The number of amides is 2. The van der Waals surface area contributed by atoms with Gasteiger partial charge in [-0.2, -0.15) is 0 Å². The number of nitrogens with one attached hydrogen (secondary N) is 2. The molecule has 0 fully saturated rings. The third kappa shape index (κ3) is 4.78. The maximum atomic E-state index is 13.1. The molecule has 0 aromatic heterocycles. The van der Waals surface area contributed by atoms with Crippen molar-refractivity contribution in [1.82, 2.24) is 5.32 Å². The minimum Gasteiger partial charge on any atom is -0.349 e. The van der Waals surface area contributed by atoms with Gasteiger partial charge in [-0.05, 0) is 29.8 Å². The van der Waals surface area contributed by atoms with Gasteiger partial charge < -0.3 is 10.6 Å². The third-order valence-corrected chi connectivity index (χ3v) is 3.11. The minimum absolute atomic E-state index is 0.0281. The second-order valence-electron chi connectivity index (χ2n) is 4.90. The summed E-state index contributed by atoms with van der Waals surface area (Å²) in [5.74, 6) is -1.01. The van der Waals surface area contributed by atoms with Crippen LogP contribution in [-0.4, -0.2) is 18.4 Å². The second-order valence-corrected chi connectivity index (χ2v) is 4.90. The summed E-state index contributed by atoms with van der Waals surface area (Å²) in [6, 6.07) is 12.6. The van der Waals surface area contributed by atoms with E-state index in [2.05, 4.69) is 17.2 Å². The Bertz CT molecular complexity index is 728. The molecular weight excluding hydrogens is 295 g/mol. The Labute approximate surface area is 134 Å². The molecule has 2 N–H and O–H groups in total. The van der Waals surface area contributed by atoms with Crippen LogP contribution in [0.4, 0.5) is 10.1 Å². The van der Waals surface area contributed by atoms with Crippen LogP contribution in [0.3, 0.4) is 0 Å². The summed E-state index contributed by atoms with van der Waals surface area (Å²) < 4.78 is 13.1. The van der Waals surface area contributed by atoms with Crippen LogP contribution in [0.25, 0.3) is 0 Å². The molecule has 0 unspecified atom stereocenters. The highest BCUT2D eigenvalue weighted by Gasteiger charge is 2.12. The first-order chi connectivity index (χ1) is 11.1. The number of benzene rings is 2. The molecule has 0 bridgehead atoms. The molecule has 0 aliphatic carbocycles. The number of hydrogen-bond donors (Lipinski definition) is 2. The lowest BCUT2D eigenvalue weighted by molar-refractivity contribution is -0.115. The molecular formula is C18H17FN2O2. The van der Waals surface area contributed by atoms with E-state index < -0.39 is 0 Å². The van der Waals surface area contributed by atoms with Crippen LogP contribution in [0.2, 0.25) is 0 Å². The SMILES string of the molecule is C=CCNC(=O)c1ccccc1NC(=O)Cc1cccc(F)c1. The summed E-state index contributed by atoms with van der Waals surface area (Å²) in [6.45, 7) is 3.87. The predicted octanol–water partition coefficient (Wildman–Crippen LogP) is 2.92. The van der Waals surface area contributed by atoms with E-state index in [9.17, 15) is 14.0 Å². The summed E-state index contributed by atoms with van der Waals surface area (Å²) in [7, 11) is 0. The highest BCUT2D eigenvalue weighted by atomic mass is 19.1. The molecule has 2 amide bonds. The maximum absolute atomic E-state index is 13.1. The van der Waals surface area contributed by atoms with Gasteiger partial charge in [-0.15, -0.1) is 6.58 Å². The largest absolute Gasteiger partial charge is 0.349 e. The van der Waals surface area contributed by atoms with Gasteiger partial charge >= 0.3 is 0 Å². The average molecular weight is 312 g/mol. The Balaban J connectivity index is 2.09. The van der Waals surface area contributed by atoms with Gasteiger partial charge in [0, 0.05) is 6.54 Å². The Morgan fingerprint density at radius 1 is 1.13 bits per heavy atom. The first-order valence-electron chi connectivity index (χ1n) is 7.12. The molecule has 0 atom stereocenters. The number of carbonyl (C=O) groups is 2. The summed E-state index contributed by atoms with van der Waals surface area (Å²) in [4.78, 5) is 24.1. The van der Waals surface area contributed by atoms with Crippen molar-refractivity contribution in [2.45, 2.75) is 6.42 Å². The number of rotatable bonds is 6. The third-order valence-electron chi connectivity index (χ3n) is 3.11. The molecule has 118 valence electrons. The zero-order valence-electron chi connectivity index (χ0n) is 12.5. The first-order valence-corrected chi connectivity index (χ1v) is 7.12. The van der Waals surface area contributed by atoms with Crippen molar-refractivity contribution in [1.29, 1.82) is 0 Å². The molecule has 4 nitrogen and oxygen atoms in total. The summed E-state index contributed by atoms with van der Waals surface area (Å²) >= 11 is 0. The average Bonchev–Trinajstić information content (AvgIpc) is 2.53. The normalized spacial score (nSPS) is 9.96. The van der Waals surface area contributed by atoms with Crippen LogP contribution < -0.4 is 10.6 Å². The molecule has 2 rings (SSSR count). The Morgan fingerprint density at radius 3 is 2.65 bits per heavy atom. The number of carbonyl (C=O) groups excluding carboxylic acids is 2. The van der Waals surface area contributed by atoms with E-state index in [-0.39, 0.29) is 24.1 Å². The lowest BCUT2D eigenvalue weighted by Crippen LogP contribution is -2.25. The van der Waals surface area contributed by atoms with Gasteiger partial charge in [0.15, 0.2) is 0 Å². The van der Waals surface area contributed by atoms with Gasteiger partial charge in [0.25, 0.3) is 5.91 Å². The number of halogens is 1. The number of para-hydroxylation sites is 1. The van der Waals surface area contributed by atoms with Crippen molar-refractivity contribution in [3.8, 4) is 0 Å². The van der Waals surface area contributed by atoms with Gasteiger partial charge in [-0.25, -0.2) is 4.39 Å². The van der Waals surface area contributed by atoms with E-state index in [0.717, 1.165) is 0 Å². The minimum atomic E-state index is -0.389. The van der Waals surface area contributed by atoms with Crippen molar-refractivity contribution in [3.05, 3.63) is 78.1 Å². The van der Waals surface area contributed by atoms with Gasteiger partial charge in [-0.1, -0.05) is 30.3 Å². The Morgan fingerprint density at radius 2 is 1.91 bits per heavy atom. The molecule has 0 aliphatic rings. The van der Waals surface area contributed by atoms with E-state index in [0.29, 0.717) is 23.4 Å². The fraction of sp³-hybridized carbons (Fsp3) is 0.111. The van der Waals surface area contributed by atoms with Crippen LogP contribution in [0, 0.1) is 5.82 Å². The van der Waals surface area contributed by atoms with E-state index in [4.69, 9.17) is 0 Å². The molecule has 0 saturated heterocycles. The molecule has 2 aromatic rings. The summed E-state index contributed by atoms with van der Waals surface area (Å²) in [5, 5.41) is 5.35. The lowest BCUT2D eigenvalue weighted by Gasteiger charge is -2.11. The standard InChI is InChI=1S/C18H17FN2O2/c1-2-10-20-18(23)15-8-3-4-9-16(15)21-17(22)12-13-6-5-7-14(19)11-13/h2-9,11H,1,10,12H2,(H,20,23)(H,21,22). The monoisotopic (exact) mass is 312 g/mol.